The molecule has 0 aliphatic carbocycles. The normalized spacial score (nSPS) is 8.93. The van der Waals surface area contributed by atoms with Gasteiger partial charge in [-0.2, -0.15) is 0 Å². The Morgan fingerprint density at radius 3 is 1.33 bits per heavy atom. The average molecular weight is 217 g/mol. The monoisotopic (exact) mass is 217 g/mol. The molecule has 2 heteroatoms. The van der Waals surface area contributed by atoms with Gasteiger partial charge in [0.05, 0.1) is 0 Å². The first-order valence-electron chi connectivity index (χ1n) is 4.81. The van der Waals surface area contributed by atoms with Crippen LogP contribution in [0.1, 0.15) is 0 Å². The SMILES string of the molecule is CN.c1ccc(Sc2ccccc2)cc1. The molecule has 0 aliphatic heterocycles. The minimum Gasteiger partial charge on any atom is -0.333 e. The van der Waals surface area contributed by atoms with Crippen LogP contribution in [0.2, 0.25) is 0 Å². The smallest absolute Gasteiger partial charge is 0.0122 e. The molecule has 0 atom stereocenters. The molecule has 0 heterocycles. The lowest BCUT2D eigenvalue weighted by atomic mass is 10.4. The zero-order valence-corrected chi connectivity index (χ0v) is 9.58. The second kappa shape index (κ2) is 7.10. The molecule has 0 spiro atoms. The van der Waals surface area contributed by atoms with Crippen LogP contribution >= 0.6 is 11.8 Å². The standard InChI is InChI=1S/C12H10S.CH5N/c1-3-7-11(8-4-1)13-12-9-5-2-6-10-12;1-2/h1-10H;2H2,1H3. The third kappa shape index (κ3) is 4.19. The lowest BCUT2D eigenvalue weighted by Crippen LogP contribution is -1.70. The number of nitrogens with two attached hydrogens (primary N) is 1. The first kappa shape index (κ1) is 11.8. The third-order valence-electron chi connectivity index (χ3n) is 1.72. The fourth-order valence-corrected chi connectivity index (χ4v) is 1.97. The number of hydrogen-bond acceptors (Lipinski definition) is 2. The fourth-order valence-electron chi connectivity index (χ4n) is 1.11. The molecule has 0 aliphatic rings. The van der Waals surface area contributed by atoms with Gasteiger partial charge >= 0.3 is 0 Å². The Balaban J connectivity index is 0.000000531. The highest BCUT2D eigenvalue weighted by Gasteiger charge is 1.93. The molecule has 0 aromatic heterocycles. The van der Waals surface area contributed by atoms with Crippen LogP contribution in [0.5, 0.6) is 0 Å². The minimum absolute atomic E-state index is 1.29. The highest BCUT2D eigenvalue weighted by molar-refractivity contribution is 7.99. The average Bonchev–Trinajstić information content (AvgIpc) is 2.34. The minimum atomic E-state index is 1.29. The molecule has 0 saturated carbocycles. The van der Waals surface area contributed by atoms with Crippen molar-refractivity contribution in [3.8, 4) is 0 Å². The van der Waals surface area contributed by atoms with E-state index in [0.29, 0.717) is 0 Å². The van der Waals surface area contributed by atoms with Gasteiger partial charge in [0, 0.05) is 9.79 Å². The van der Waals surface area contributed by atoms with Crippen molar-refractivity contribution in [1.82, 2.24) is 0 Å². The first-order valence-corrected chi connectivity index (χ1v) is 5.62. The van der Waals surface area contributed by atoms with Crippen LogP contribution in [-0.4, -0.2) is 7.05 Å². The van der Waals surface area contributed by atoms with Crippen LogP contribution in [0.15, 0.2) is 70.5 Å². The van der Waals surface area contributed by atoms with E-state index in [9.17, 15) is 0 Å². The molecule has 0 unspecified atom stereocenters. The number of rotatable bonds is 2. The lowest BCUT2D eigenvalue weighted by Gasteiger charge is -1.99. The van der Waals surface area contributed by atoms with E-state index in [1.165, 1.54) is 16.8 Å². The van der Waals surface area contributed by atoms with Crippen molar-refractivity contribution in [2.45, 2.75) is 9.79 Å². The Labute approximate surface area is 95.3 Å². The molecule has 2 aromatic rings. The highest BCUT2D eigenvalue weighted by Crippen LogP contribution is 2.26. The van der Waals surface area contributed by atoms with Gasteiger partial charge in [0.1, 0.15) is 0 Å². The molecule has 2 N–H and O–H groups in total. The molecule has 2 aromatic carbocycles. The second-order valence-electron chi connectivity index (χ2n) is 2.73. The van der Waals surface area contributed by atoms with Gasteiger partial charge in [0.15, 0.2) is 0 Å². The summed E-state index contributed by atoms with van der Waals surface area (Å²) in [6.45, 7) is 0. The summed E-state index contributed by atoms with van der Waals surface area (Å²) in [5.41, 5.74) is 4.50. The molecule has 15 heavy (non-hydrogen) atoms. The summed E-state index contributed by atoms with van der Waals surface area (Å²) >= 11 is 1.79. The second-order valence-corrected chi connectivity index (χ2v) is 3.88. The van der Waals surface area contributed by atoms with Crippen molar-refractivity contribution < 1.29 is 0 Å². The molecule has 2 rings (SSSR count). The largest absolute Gasteiger partial charge is 0.333 e. The summed E-state index contributed by atoms with van der Waals surface area (Å²) in [4.78, 5) is 2.57. The lowest BCUT2D eigenvalue weighted by molar-refractivity contribution is 1.41. The maximum atomic E-state index is 4.50. The Hall–Kier alpha value is -1.25. The van der Waals surface area contributed by atoms with E-state index < -0.39 is 0 Å². The van der Waals surface area contributed by atoms with Crippen LogP contribution < -0.4 is 5.73 Å². The summed E-state index contributed by atoms with van der Waals surface area (Å²) in [5, 5.41) is 0. The topological polar surface area (TPSA) is 26.0 Å². The Morgan fingerprint density at radius 1 is 0.667 bits per heavy atom. The molecular formula is C13H15NS. The van der Waals surface area contributed by atoms with E-state index in [1.807, 2.05) is 12.1 Å². The molecule has 78 valence electrons. The van der Waals surface area contributed by atoms with Crippen LogP contribution in [0, 0.1) is 0 Å². The van der Waals surface area contributed by atoms with Crippen molar-refractivity contribution in [3.63, 3.8) is 0 Å². The number of hydrogen-bond donors (Lipinski definition) is 1. The zero-order valence-electron chi connectivity index (χ0n) is 8.76. The zero-order chi connectivity index (χ0) is 10.9. The maximum Gasteiger partial charge on any atom is 0.0122 e. The van der Waals surface area contributed by atoms with Crippen LogP contribution in [0.25, 0.3) is 0 Å². The predicted octanol–water partition coefficient (Wildman–Crippen LogP) is 3.41. The molecule has 0 saturated heterocycles. The molecule has 0 radical (unpaired) electrons. The van der Waals surface area contributed by atoms with Gasteiger partial charge in [0.2, 0.25) is 0 Å². The molecule has 0 fully saturated rings. The Morgan fingerprint density at radius 2 is 1.00 bits per heavy atom. The molecule has 0 bridgehead atoms. The van der Waals surface area contributed by atoms with E-state index in [1.54, 1.807) is 11.8 Å². The Kier molecular flexibility index (Phi) is 5.59. The predicted molar refractivity (Wildman–Crippen MR) is 67.1 cm³/mol. The molecule has 0 amide bonds. The van der Waals surface area contributed by atoms with Crippen molar-refractivity contribution in [1.29, 1.82) is 0 Å². The summed E-state index contributed by atoms with van der Waals surface area (Å²) in [6.07, 6.45) is 0. The van der Waals surface area contributed by atoms with Gasteiger partial charge in [-0.1, -0.05) is 48.2 Å². The van der Waals surface area contributed by atoms with E-state index in [4.69, 9.17) is 0 Å². The van der Waals surface area contributed by atoms with Gasteiger partial charge in [-0.05, 0) is 31.3 Å². The summed E-state index contributed by atoms with van der Waals surface area (Å²) in [5.74, 6) is 0. The van der Waals surface area contributed by atoms with Crippen LogP contribution in [0.3, 0.4) is 0 Å². The first-order chi connectivity index (χ1) is 7.45. The van der Waals surface area contributed by atoms with Gasteiger partial charge in [-0.3, -0.25) is 0 Å². The van der Waals surface area contributed by atoms with E-state index >= 15 is 0 Å². The maximum absolute atomic E-state index is 4.50. The van der Waals surface area contributed by atoms with Gasteiger partial charge in [0.25, 0.3) is 0 Å². The molecule has 1 nitrogen and oxygen atoms in total. The van der Waals surface area contributed by atoms with E-state index in [0.717, 1.165) is 0 Å². The van der Waals surface area contributed by atoms with E-state index in [2.05, 4.69) is 54.3 Å². The van der Waals surface area contributed by atoms with Crippen molar-refractivity contribution in [2.24, 2.45) is 5.73 Å². The van der Waals surface area contributed by atoms with E-state index in [-0.39, 0.29) is 0 Å². The summed E-state index contributed by atoms with van der Waals surface area (Å²) in [7, 11) is 1.50. The van der Waals surface area contributed by atoms with Gasteiger partial charge in [-0.15, -0.1) is 0 Å². The molecular weight excluding hydrogens is 202 g/mol. The van der Waals surface area contributed by atoms with Crippen molar-refractivity contribution >= 4 is 11.8 Å². The highest BCUT2D eigenvalue weighted by atomic mass is 32.2. The van der Waals surface area contributed by atoms with Crippen LogP contribution in [0.4, 0.5) is 0 Å². The summed E-state index contributed by atoms with van der Waals surface area (Å²) in [6, 6.07) is 20.8. The summed E-state index contributed by atoms with van der Waals surface area (Å²) < 4.78 is 0. The Bertz CT molecular complexity index is 321. The fraction of sp³-hybridized carbons (Fsp3) is 0.0769. The van der Waals surface area contributed by atoms with Crippen molar-refractivity contribution in [3.05, 3.63) is 60.7 Å². The van der Waals surface area contributed by atoms with Gasteiger partial charge in [-0.25, -0.2) is 0 Å². The third-order valence-corrected chi connectivity index (χ3v) is 2.74. The quantitative estimate of drug-likeness (QED) is 0.834. The number of benzene rings is 2. The van der Waals surface area contributed by atoms with Crippen LogP contribution in [-0.2, 0) is 0 Å². The van der Waals surface area contributed by atoms with Crippen molar-refractivity contribution in [2.75, 3.05) is 7.05 Å². The van der Waals surface area contributed by atoms with Gasteiger partial charge < -0.3 is 5.73 Å².